The van der Waals surface area contributed by atoms with Gasteiger partial charge in [0.05, 0.1) is 0 Å². The standard InChI is InChI=1S/C27H46/c1-19(2)9-8-10-20(3)21-14-18-27(5)24(21)13-12-22-23-11-6-7-16-26(23,4)17-15-25(22)27/h19-20,22-23,25H,6-18H2,1-5H3/t20-,22-,23-,25-,26-,27-/m0/s1. The summed E-state index contributed by atoms with van der Waals surface area (Å²) in [6, 6.07) is 0. The van der Waals surface area contributed by atoms with E-state index in [0.717, 1.165) is 29.6 Å². The van der Waals surface area contributed by atoms with Crippen molar-refractivity contribution in [2.75, 3.05) is 0 Å². The highest BCUT2D eigenvalue weighted by molar-refractivity contribution is 5.33. The van der Waals surface area contributed by atoms with E-state index in [0.29, 0.717) is 10.8 Å². The molecule has 0 spiro atoms. The Morgan fingerprint density at radius 2 is 1.67 bits per heavy atom. The average Bonchev–Trinajstić information content (AvgIpc) is 2.98. The van der Waals surface area contributed by atoms with Gasteiger partial charge in [0.15, 0.2) is 0 Å². The summed E-state index contributed by atoms with van der Waals surface area (Å²) in [6.07, 6.45) is 19.3. The molecule has 4 aliphatic rings. The second-order valence-corrected chi connectivity index (χ2v) is 12.0. The molecule has 0 amide bonds. The van der Waals surface area contributed by atoms with Gasteiger partial charge in [-0.3, -0.25) is 0 Å². The van der Waals surface area contributed by atoms with Gasteiger partial charge in [-0.1, -0.05) is 71.4 Å². The maximum Gasteiger partial charge on any atom is -0.00796 e. The maximum absolute atomic E-state index is 2.71. The summed E-state index contributed by atoms with van der Waals surface area (Å²) < 4.78 is 0. The SMILES string of the molecule is CC(C)CCC[C@H](C)C1=C2CC[C@H]3[C@@H]4CCCC[C@@]4(C)CC[C@@H]3[C@@]2(C)CC1. The molecule has 0 heterocycles. The Balaban J connectivity index is 1.52. The predicted octanol–water partition coefficient (Wildman–Crippen LogP) is 8.56. The quantitative estimate of drug-likeness (QED) is 0.425. The van der Waals surface area contributed by atoms with Gasteiger partial charge in [-0.15, -0.1) is 0 Å². The Kier molecular flexibility index (Phi) is 5.59. The molecular formula is C27H46. The van der Waals surface area contributed by atoms with E-state index >= 15 is 0 Å². The molecule has 0 radical (unpaired) electrons. The highest BCUT2D eigenvalue weighted by Crippen LogP contribution is 2.66. The first-order valence-corrected chi connectivity index (χ1v) is 12.6. The number of hydrogen-bond acceptors (Lipinski definition) is 0. The van der Waals surface area contributed by atoms with Gasteiger partial charge in [0, 0.05) is 0 Å². The van der Waals surface area contributed by atoms with Crippen LogP contribution in [0.5, 0.6) is 0 Å². The first-order valence-electron chi connectivity index (χ1n) is 12.6. The van der Waals surface area contributed by atoms with E-state index in [1.165, 1.54) is 77.0 Å². The summed E-state index contributed by atoms with van der Waals surface area (Å²) in [6.45, 7) is 12.7. The molecule has 4 rings (SSSR count). The fraction of sp³-hybridized carbons (Fsp3) is 0.926. The van der Waals surface area contributed by atoms with Gasteiger partial charge in [0.2, 0.25) is 0 Å². The van der Waals surface area contributed by atoms with Crippen LogP contribution in [0.3, 0.4) is 0 Å². The zero-order valence-corrected chi connectivity index (χ0v) is 19.1. The van der Waals surface area contributed by atoms with Crippen molar-refractivity contribution in [3.05, 3.63) is 11.1 Å². The van der Waals surface area contributed by atoms with Crippen molar-refractivity contribution in [3.8, 4) is 0 Å². The molecule has 4 aliphatic carbocycles. The van der Waals surface area contributed by atoms with Crippen molar-refractivity contribution >= 4 is 0 Å². The Morgan fingerprint density at radius 1 is 0.852 bits per heavy atom. The van der Waals surface area contributed by atoms with E-state index in [1.54, 1.807) is 6.42 Å². The second kappa shape index (κ2) is 7.53. The highest BCUT2D eigenvalue weighted by atomic mass is 14.6. The number of rotatable bonds is 5. The van der Waals surface area contributed by atoms with E-state index in [4.69, 9.17) is 0 Å². The Morgan fingerprint density at radius 3 is 2.44 bits per heavy atom. The lowest BCUT2D eigenvalue weighted by molar-refractivity contribution is -0.0674. The molecule has 0 nitrogen and oxygen atoms in total. The van der Waals surface area contributed by atoms with Crippen LogP contribution >= 0.6 is 0 Å². The molecule has 0 saturated heterocycles. The Bertz CT molecular complexity index is 569. The summed E-state index contributed by atoms with van der Waals surface area (Å²) in [5.41, 5.74) is 5.17. The summed E-state index contributed by atoms with van der Waals surface area (Å²) >= 11 is 0. The minimum Gasteiger partial charge on any atom is -0.0676 e. The Labute approximate surface area is 170 Å². The third-order valence-electron chi connectivity index (χ3n) is 10.0. The van der Waals surface area contributed by atoms with Crippen molar-refractivity contribution < 1.29 is 0 Å². The van der Waals surface area contributed by atoms with Crippen molar-refractivity contribution in [1.82, 2.24) is 0 Å². The summed E-state index contributed by atoms with van der Waals surface area (Å²) in [7, 11) is 0. The van der Waals surface area contributed by atoms with E-state index in [-0.39, 0.29) is 0 Å². The minimum absolute atomic E-state index is 0.573. The van der Waals surface area contributed by atoms with Crippen LogP contribution in [0, 0.1) is 40.4 Å². The fourth-order valence-electron chi connectivity index (χ4n) is 8.42. The molecule has 0 aromatic carbocycles. The smallest absolute Gasteiger partial charge is 0.00796 e. The van der Waals surface area contributed by atoms with E-state index < -0.39 is 0 Å². The molecule has 154 valence electrons. The van der Waals surface area contributed by atoms with Gasteiger partial charge in [-0.25, -0.2) is 0 Å². The first kappa shape index (κ1) is 20.0. The molecule has 27 heavy (non-hydrogen) atoms. The third kappa shape index (κ3) is 3.46. The van der Waals surface area contributed by atoms with Crippen LogP contribution in [0.1, 0.15) is 118 Å². The predicted molar refractivity (Wildman–Crippen MR) is 118 cm³/mol. The summed E-state index contributed by atoms with van der Waals surface area (Å²) in [4.78, 5) is 0. The van der Waals surface area contributed by atoms with Crippen LogP contribution in [0.15, 0.2) is 11.1 Å². The monoisotopic (exact) mass is 370 g/mol. The lowest BCUT2D eigenvalue weighted by Crippen LogP contribution is -2.50. The highest BCUT2D eigenvalue weighted by Gasteiger charge is 2.56. The number of hydrogen-bond donors (Lipinski definition) is 0. The molecule has 0 aliphatic heterocycles. The largest absolute Gasteiger partial charge is 0.0676 e. The van der Waals surface area contributed by atoms with E-state index in [1.807, 2.05) is 11.1 Å². The summed E-state index contributed by atoms with van der Waals surface area (Å²) in [5, 5.41) is 0. The zero-order chi connectivity index (χ0) is 19.2. The van der Waals surface area contributed by atoms with Gasteiger partial charge in [-0.2, -0.15) is 0 Å². The molecule has 0 unspecified atom stereocenters. The average molecular weight is 371 g/mol. The molecule has 3 fully saturated rings. The normalized spacial score (nSPS) is 42.7. The van der Waals surface area contributed by atoms with Crippen molar-refractivity contribution in [3.63, 3.8) is 0 Å². The van der Waals surface area contributed by atoms with Crippen LogP contribution < -0.4 is 0 Å². The van der Waals surface area contributed by atoms with Crippen LogP contribution in [0.25, 0.3) is 0 Å². The number of allylic oxidation sites excluding steroid dienone is 2. The van der Waals surface area contributed by atoms with Crippen molar-refractivity contribution in [2.45, 2.75) is 118 Å². The van der Waals surface area contributed by atoms with Crippen LogP contribution in [-0.4, -0.2) is 0 Å². The van der Waals surface area contributed by atoms with Gasteiger partial charge >= 0.3 is 0 Å². The lowest BCUT2D eigenvalue weighted by Gasteiger charge is -2.59. The molecule has 0 bridgehead atoms. The molecule has 3 saturated carbocycles. The fourth-order valence-corrected chi connectivity index (χ4v) is 8.42. The van der Waals surface area contributed by atoms with Crippen LogP contribution in [-0.2, 0) is 0 Å². The topological polar surface area (TPSA) is 0 Å². The molecular weight excluding hydrogens is 324 g/mol. The van der Waals surface area contributed by atoms with Gasteiger partial charge in [-0.05, 0) is 98.2 Å². The van der Waals surface area contributed by atoms with E-state index in [9.17, 15) is 0 Å². The third-order valence-corrected chi connectivity index (χ3v) is 10.0. The molecule has 0 aromatic heterocycles. The molecule has 6 atom stereocenters. The first-order chi connectivity index (χ1) is 12.8. The van der Waals surface area contributed by atoms with E-state index in [2.05, 4.69) is 34.6 Å². The number of fused-ring (bicyclic) bond motifs is 5. The molecule has 0 aromatic rings. The van der Waals surface area contributed by atoms with Gasteiger partial charge in [0.1, 0.15) is 0 Å². The van der Waals surface area contributed by atoms with Gasteiger partial charge in [0.25, 0.3) is 0 Å². The second-order valence-electron chi connectivity index (χ2n) is 12.0. The molecule has 0 N–H and O–H groups in total. The maximum atomic E-state index is 2.71. The van der Waals surface area contributed by atoms with Crippen molar-refractivity contribution in [1.29, 1.82) is 0 Å². The van der Waals surface area contributed by atoms with Gasteiger partial charge < -0.3 is 0 Å². The van der Waals surface area contributed by atoms with Crippen LogP contribution in [0.2, 0.25) is 0 Å². The zero-order valence-electron chi connectivity index (χ0n) is 19.1. The van der Waals surface area contributed by atoms with Crippen molar-refractivity contribution in [2.24, 2.45) is 40.4 Å². The molecule has 0 heteroatoms. The van der Waals surface area contributed by atoms with Crippen LogP contribution in [0.4, 0.5) is 0 Å². The lowest BCUT2D eigenvalue weighted by atomic mass is 9.46. The minimum atomic E-state index is 0.573. The summed E-state index contributed by atoms with van der Waals surface area (Å²) in [5.74, 6) is 4.83. The Hall–Kier alpha value is -0.260.